The van der Waals surface area contributed by atoms with Gasteiger partial charge in [-0.15, -0.1) is 0 Å². The predicted octanol–water partition coefficient (Wildman–Crippen LogP) is 6.59. The molecule has 3 rings (SSSR count). The standard InChI is InChI=1S/C32H41N3O4S/c1-20-15-21(2)17-24(16-20)27(28(36)33-25-14-13-22-11-9-10-12-23(22)18-25)35(31(3,4)5)29(37)26(19-40)34-30(38)39-32(6,7)8/h9-18,26-27,40H,19H2,1-8H3,(H,33,36)(H,34,38). The van der Waals surface area contributed by atoms with Gasteiger partial charge in [0.1, 0.15) is 17.7 Å². The van der Waals surface area contributed by atoms with Crippen molar-refractivity contribution < 1.29 is 19.1 Å². The molecule has 0 spiro atoms. The minimum absolute atomic E-state index is 0.0243. The molecule has 2 unspecified atom stereocenters. The summed E-state index contributed by atoms with van der Waals surface area (Å²) in [4.78, 5) is 42.5. The number of hydrogen-bond donors (Lipinski definition) is 3. The Hall–Kier alpha value is -3.52. The molecule has 0 fully saturated rings. The summed E-state index contributed by atoms with van der Waals surface area (Å²) in [6.07, 6.45) is -0.725. The summed E-state index contributed by atoms with van der Waals surface area (Å²) in [6, 6.07) is 17.5. The van der Waals surface area contributed by atoms with E-state index in [-0.39, 0.29) is 11.7 Å². The Balaban J connectivity index is 2.06. The van der Waals surface area contributed by atoms with E-state index in [1.165, 1.54) is 4.90 Å². The quantitative estimate of drug-likeness (QED) is 0.283. The van der Waals surface area contributed by atoms with Crippen LogP contribution in [-0.2, 0) is 14.3 Å². The van der Waals surface area contributed by atoms with Crippen LogP contribution in [0.1, 0.15) is 64.3 Å². The molecule has 2 atom stereocenters. The SMILES string of the molecule is Cc1cc(C)cc(C(C(=O)Nc2ccc3ccccc3c2)N(C(=O)C(CS)NC(=O)OC(C)(C)C)C(C)(C)C)c1. The molecule has 0 heterocycles. The van der Waals surface area contributed by atoms with Crippen LogP contribution in [0.25, 0.3) is 10.8 Å². The van der Waals surface area contributed by atoms with Crippen molar-refractivity contribution in [3.8, 4) is 0 Å². The van der Waals surface area contributed by atoms with Crippen LogP contribution >= 0.6 is 12.6 Å². The van der Waals surface area contributed by atoms with Gasteiger partial charge in [0.05, 0.1) is 0 Å². The Morgan fingerprint density at radius 1 is 0.875 bits per heavy atom. The van der Waals surface area contributed by atoms with Crippen molar-refractivity contribution in [2.45, 2.75) is 78.6 Å². The second-order valence-electron chi connectivity index (χ2n) is 12.1. The third-order valence-electron chi connectivity index (χ3n) is 6.22. The maximum Gasteiger partial charge on any atom is 0.408 e. The van der Waals surface area contributed by atoms with Crippen LogP contribution in [-0.4, -0.2) is 45.7 Å². The summed E-state index contributed by atoms with van der Waals surface area (Å²) < 4.78 is 5.39. The van der Waals surface area contributed by atoms with E-state index >= 15 is 0 Å². The zero-order valence-corrected chi connectivity index (χ0v) is 25.6. The number of benzene rings is 3. The molecule has 214 valence electrons. The van der Waals surface area contributed by atoms with Gasteiger partial charge in [-0.2, -0.15) is 12.6 Å². The first-order chi connectivity index (χ1) is 18.6. The van der Waals surface area contributed by atoms with Crippen molar-refractivity contribution in [1.82, 2.24) is 10.2 Å². The molecule has 3 aromatic rings. The molecular weight excluding hydrogens is 522 g/mol. The highest BCUT2D eigenvalue weighted by atomic mass is 32.1. The maximum atomic E-state index is 14.2. The second kappa shape index (κ2) is 12.3. The normalized spacial score (nSPS) is 13.3. The first-order valence-corrected chi connectivity index (χ1v) is 14.0. The molecule has 8 heteroatoms. The fourth-order valence-electron chi connectivity index (χ4n) is 4.71. The van der Waals surface area contributed by atoms with Gasteiger partial charge >= 0.3 is 6.09 Å². The van der Waals surface area contributed by atoms with Crippen molar-refractivity contribution in [3.05, 3.63) is 77.4 Å². The Kier molecular flexibility index (Phi) is 9.56. The summed E-state index contributed by atoms with van der Waals surface area (Å²) in [5.74, 6) is -0.777. The number of ether oxygens (including phenoxy) is 1. The highest BCUT2D eigenvalue weighted by Gasteiger charge is 2.41. The summed E-state index contributed by atoms with van der Waals surface area (Å²) >= 11 is 4.37. The molecule has 7 nitrogen and oxygen atoms in total. The molecule has 0 aliphatic rings. The maximum absolute atomic E-state index is 14.2. The lowest BCUT2D eigenvalue weighted by Gasteiger charge is -2.43. The minimum Gasteiger partial charge on any atom is -0.444 e. The number of aryl methyl sites for hydroxylation is 2. The number of nitrogens with one attached hydrogen (secondary N) is 2. The van der Waals surface area contributed by atoms with E-state index in [0.29, 0.717) is 11.3 Å². The number of amides is 3. The average molecular weight is 564 g/mol. The average Bonchev–Trinajstić information content (AvgIpc) is 2.82. The minimum atomic E-state index is -1.01. The van der Waals surface area contributed by atoms with Crippen LogP contribution in [0, 0.1) is 13.8 Å². The van der Waals surface area contributed by atoms with Crippen molar-refractivity contribution in [3.63, 3.8) is 0 Å². The molecule has 0 aliphatic carbocycles. The van der Waals surface area contributed by atoms with Gasteiger partial charge in [-0.1, -0.05) is 59.7 Å². The van der Waals surface area contributed by atoms with Gasteiger partial charge in [0, 0.05) is 17.0 Å². The van der Waals surface area contributed by atoms with Gasteiger partial charge in [-0.3, -0.25) is 9.59 Å². The van der Waals surface area contributed by atoms with Crippen molar-refractivity contribution >= 4 is 47.0 Å². The molecule has 0 aromatic heterocycles. The molecule has 3 amide bonds. The number of anilines is 1. The molecule has 0 bridgehead atoms. The van der Waals surface area contributed by atoms with Gasteiger partial charge in [0.2, 0.25) is 5.91 Å². The third kappa shape index (κ3) is 8.01. The predicted molar refractivity (Wildman–Crippen MR) is 165 cm³/mol. The first-order valence-electron chi connectivity index (χ1n) is 13.4. The zero-order valence-electron chi connectivity index (χ0n) is 24.7. The number of rotatable bonds is 7. The largest absolute Gasteiger partial charge is 0.444 e. The highest BCUT2D eigenvalue weighted by Crippen LogP contribution is 2.32. The highest BCUT2D eigenvalue weighted by molar-refractivity contribution is 7.80. The second-order valence-corrected chi connectivity index (χ2v) is 12.5. The van der Waals surface area contributed by atoms with Crippen molar-refractivity contribution in [1.29, 1.82) is 0 Å². The monoisotopic (exact) mass is 563 g/mol. The molecule has 0 saturated carbocycles. The van der Waals surface area contributed by atoms with E-state index in [2.05, 4.69) is 23.3 Å². The Morgan fingerprint density at radius 2 is 1.48 bits per heavy atom. The Morgan fingerprint density at radius 3 is 2.02 bits per heavy atom. The number of nitrogens with zero attached hydrogens (tertiary/aromatic N) is 1. The first kappa shape index (κ1) is 31.0. The molecule has 3 aromatic carbocycles. The number of alkyl carbamates (subject to hydrolysis) is 1. The van der Waals surface area contributed by atoms with E-state index < -0.39 is 35.2 Å². The summed E-state index contributed by atoms with van der Waals surface area (Å²) in [5, 5.41) is 7.74. The fourth-order valence-corrected chi connectivity index (χ4v) is 4.96. The van der Waals surface area contributed by atoms with Gasteiger partial charge in [-0.05, 0) is 83.9 Å². The number of hydrogen-bond acceptors (Lipinski definition) is 5. The van der Waals surface area contributed by atoms with Crippen molar-refractivity contribution in [2.75, 3.05) is 11.1 Å². The summed E-state index contributed by atoms with van der Waals surface area (Å²) in [7, 11) is 0. The van der Waals surface area contributed by atoms with Crippen LogP contribution in [0.2, 0.25) is 0 Å². The van der Waals surface area contributed by atoms with Crippen LogP contribution in [0.15, 0.2) is 60.7 Å². The molecule has 40 heavy (non-hydrogen) atoms. The van der Waals surface area contributed by atoms with Gasteiger partial charge in [-0.25, -0.2) is 4.79 Å². The van der Waals surface area contributed by atoms with E-state index in [9.17, 15) is 14.4 Å². The number of thiol groups is 1. The lowest BCUT2D eigenvalue weighted by atomic mass is 9.93. The van der Waals surface area contributed by atoms with Crippen molar-refractivity contribution in [2.24, 2.45) is 0 Å². The number of fused-ring (bicyclic) bond motifs is 1. The molecule has 0 aliphatic heterocycles. The van der Waals surface area contributed by atoms with Crippen LogP contribution < -0.4 is 10.6 Å². The fraction of sp³-hybridized carbons (Fsp3) is 0.406. The summed E-state index contributed by atoms with van der Waals surface area (Å²) in [5.41, 5.74) is 1.71. The smallest absolute Gasteiger partial charge is 0.408 e. The van der Waals surface area contributed by atoms with Gasteiger partial charge in [0.25, 0.3) is 5.91 Å². The van der Waals surface area contributed by atoms with Gasteiger partial charge in [0.15, 0.2) is 0 Å². The lowest BCUT2D eigenvalue weighted by molar-refractivity contribution is -0.146. The Bertz CT molecular complexity index is 1370. The molecule has 0 saturated heterocycles. The summed E-state index contributed by atoms with van der Waals surface area (Å²) in [6.45, 7) is 14.8. The van der Waals surface area contributed by atoms with Crippen LogP contribution in [0.3, 0.4) is 0 Å². The van der Waals surface area contributed by atoms with Crippen LogP contribution in [0.4, 0.5) is 10.5 Å². The van der Waals surface area contributed by atoms with Gasteiger partial charge < -0.3 is 20.3 Å². The topological polar surface area (TPSA) is 87.7 Å². The van der Waals surface area contributed by atoms with E-state index in [1.807, 2.05) is 95.3 Å². The van der Waals surface area contributed by atoms with E-state index in [1.54, 1.807) is 20.8 Å². The molecule has 2 N–H and O–H groups in total. The number of carbonyl (C=O) groups is 3. The number of carbonyl (C=O) groups excluding carboxylic acids is 3. The third-order valence-corrected chi connectivity index (χ3v) is 6.58. The lowest BCUT2D eigenvalue weighted by Crippen LogP contribution is -2.58. The van der Waals surface area contributed by atoms with E-state index in [0.717, 1.165) is 21.9 Å². The van der Waals surface area contributed by atoms with Crippen LogP contribution in [0.5, 0.6) is 0 Å². The van der Waals surface area contributed by atoms with E-state index in [4.69, 9.17) is 4.74 Å². The zero-order chi connectivity index (χ0) is 29.8. The Labute approximate surface area is 243 Å². The molecule has 0 radical (unpaired) electrons. The molecular formula is C32H41N3O4S.